The highest BCUT2D eigenvalue weighted by Gasteiger charge is 2.69. The number of carbonyl (C=O) groups excluding carboxylic acids is 5. The summed E-state index contributed by atoms with van der Waals surface area (Å²) in [5.74, 6) is -11.7. The number of primary amides is 1. The molecule has 1 amide bonds. The molecule has 5 N–H and O–H groups in total. The van der Waals surface area contributed by atoms with Crippen LogP contribution in [0.5, 0.6) is 5.75 Å². The number of aromatic nitrogens is 1. The van der Waals surface area contributed by atoms with Crippen molar-refractivity contribution in [1.29, 1.82) is 0 Å². The van der Waals surface area contributed by atoms with Crippen LogP contribution in [0.1, 0.15) is 62.5 Å². The Morgan fingerprint density at radius 2 is 1.86 bits per heavy atom. The van der Waals surface area contributed by atoms with Gasteiger partial charge in [-0.25, -0.2) is 0 Å². The molecule has 2 fully saturated rings. The highest BCUT2D eigenvalue weighted by Crippen LogP contribution is 2.54. The van der Waals surface area contributed by atoms with E-state index in [1.165, 1.54) is 0 Å². The fraction of sp³-hybridized carbons (Fsp3) is 0.515. The van der Waals surface area contributed by atoms with Crippen LogP contribution in [-0.2, 0) is 32.1 Å². The van der Waals surface area contributed by atoms with Gasteiger partial charge in [-0.3, -0.25) is 29.0 Å². The zero-order valence-electron chi connectivity index (χ0n) is 25.1. The van der Waals surface area contributed by atoms with Crippen LogP contribution in [0.3, 0.4) is 0 Å². The van der Waals surface area contributed by atoms with Crippen molar-refractivity contribution in [2.45, 2.75) is 59.6 Å². The number of benzene rings is 1. The van der Waals surface area contributed by atoms with Crippen LogP contribution in [0.4, 0.5) is 0 Å². The number of hydrogen-bond donors (Lipinski definition) is 4. The number of fused-ring (bicyclic) bond motifs is 3. The second-order valence-electron chi connectivity index (χ2n) is 13.8. The average molecular weight is 590 g/mol. The molecule has 0 aliphatic heterocycles. The molecule has 0 radical (unpaired) electrons. The van der Waals surface area contributed by atoms with E-state index < -0.39 is 70.1 Å². The average Bonchev–Trinajstić information content (AvgIpc) is 2.91. The number of aliphatic hydroxyl groups is 1. The molecule has 228 valence electrons. The van der Waals surface area contributed by atoms with E-state index in [-0.39, 0.29) is 36.1 Å². The van der Waals surface area contributed by atoms with Crippen LogP contribution in [0, 0.1) is 40.9 Å². The molecule has 6 atom stereocenters. The van der Waals surface area contributed by atoms with Gasteiger partial charge in [0.05, 0.1) is 17.2 Å². The molecule has 2 saturated carbocycles. The molecule has 1 aromatic carbocycles. The first-order chi connectivity index (χ1) is 20.1. The third kappa shape index (κ3) is 4.90. The Morgan fingerprint density at radius 1 is 1.16 bits per heavy atom. The van der Waals surface area contributed by atoms with E-state index in [9.17, 15) is 34.2 Å². The van der Waals surface area contributed by atoms with Gasteiger partial charge in [-0.05, 0) is 53.9 Å². The van der Waals surface area contributed by atoms with Crippen LogP contribution in [0.15, 0.2) is 30.5 Å². The monoisotopic (exact) mass is 589 g/mol. The number of nitrogens with two attached hydrogens (primary N) is 1. The van der Waals surface area contributed by atoms with Crippen molar-refractivity contribution in [1.82, 2.24) is 10.3 Å². The van der Waals surface area contributed by atoms with E-state index in [1.807, 2.05) is 12.1 Å². The Morgan fingerprint density at radius 3 is 2.44 bits per heavy atom. The molecule has 1 aromatic heterocycles. The first kappa shape index (κ1) is 30.7. The van der Waals surface area contributed by atoms with Crippen molar-refractivity contribution < 1.29 is 34.2 Å². The predicted octanol–water partition coefficient (Wildman–Crippen LogP) is 2.41. The summed E-state index contributed by atoms with van der Waals surface area (Å²) in [5, 5.41) is 26.6. The summed E-state index contributed by atoms with van der Waals surface area (Å²) in [6, 6.07) is 7.20. The number of nitrogens with one attached hydrogen (secondary N) is 1. The maximum atomic E-state index is 14.3. The number of aromatic hydroxyl groups is 1. The number of hydrogen-bond acceptors (Lipinski definition) is 9. The lowest BCUT2D eigenvalue weighted by Crippen LogP contribution is -2.71. The van der Waals surface area contributed by atoms with E-state index in [0.717, 1.165) is 0 Å². The lowest BCUT2D eigenvalue weighted by atomic mass is 9.49. The smallest absolute Gasteiger partial charge is 0.235 e. The highest BCUT2D eigenvalue weighted by atomic mass is 16.3. The topological polar surface area (TPSA) is 177 Å². The lowest BCUT2D eigenvalue weighted by molar-refractivity contribution is -0.182. The second-order valence-corrected chi connectivity index (χ2v) is 13.8. The minimum Gasteiger partial charge on any atom is -0.507 e. The maximum Gasteiger partial charge on any atom is 0.235 e. The number of amides is 1. The van der Waals surface area contributed by atoms with Gasteiger partial charge < -0.3 is 21.3 Å². The second kappa shape index (κ2) is 10.7. The molecule has 10 heteroatoms. The number of nitrogens with zero attached hydrogens (tertiary/aromatic N) is 1. The van der Waals surface area contributed by atoms with Crippen LogP contribution in [-0.4, -0.2) is 56.4 Å². The Hall–Kier alpha value is -3.76. The first-order valence-electron chi connectivity index (χ1n) is 14.8. The molecule has 1 heterocycles. The van der Waals surface area contributed by atoms with Crippen molar-refractivity contribution in [2.75, 3.05) is 6.54 Å². The largest absolute Gasteiger partial charge is 0.507 e. The fourth-order valence-electron chi connectivity index (χ4n) is 7.43. The van der Waals surface area contributed by atoms with Crippen LogP contribution in [0.2, 0.25) is 0 Å². The molecule has 0 bridgehead atoms. The number of pyridine rings is 1. The van der Waals surface area contributed by atoms with Gasteiger partial charge in [0.25, 0.3) is 0 Å². The SMILES string of the molecule is CC(C)[C@@H]1C(=O)C(C(N)=O)C(=O)[C@@]2(O)C(=O)C3C(=O)c4c(O)c(CNCC(C)(C)C)cc(-c5ccccn5)c4C[C@H]3C[C@@H]12. The van der Waals surface area contributed by atoms with Crippen molar-refractivity contribution in [3.05, 3.63) is 47.2 Å². The normalized spacial score (nSPS) is 28.9. The third-order valence-electron chi connectivity index (χ3n) is 9.30. The number of phenolic OH excluding ortho intramolecular Hbond substituents is 1. The van der Waals surface area contributed by atoms with Gasteiger partial charge in [0.15, 0.2) is 34.7 Å². The summed E-state index contributed by atoms with van der Waals surface area (Å²) in [5.41, 5.74) is 4.85. The Bertz CT molecular complexity index is 1530. The lowest BCUT2D eigenvalue weighted by Gasteiger charge is -2.52. The molecule has 0 spiro atoms. The van der Waals surface area contributed by atoms with E-state index in [1.54, 1.807) is 32.2 Å². The highest BCUT2D eigenvalue weighted by molar-refractivity contribution is 6.32. The van der Waals surface area contributed by atoms with Gasteiger partial charge in [0.1, 0.15) is 5.75 Å². The van der Waals surface area contributed by atoms with Crippen LogP contribution in [0.25, 0.3) is 11.3 Å². The fourth-order valence-corrected chi connectivity index (χ4v) is 7.43. The molecular weight excluding hydrogens is 550 g/mol. The molecule has 5 rings (SSSR count). The number of Topliss-reactive ketones (excluding diaryl/α,β-unsaturated/α-hetero) is 4. The van der Waals surface area contributed by atoms with Crippen molar-refractivity contribution in [3.8, 4) is 17.0 Å². The number of rotatable bonds is 6. The van der Waals surface area contributed by atoms with E-state index in [2.05, 4.69) is 31.1 Å². The van der Waals surface area contributed by atoms with Gasteiger partial charge in [-0.1, -0.05) is 40.7 Å². The Balaban J connectivity index is 1.65. The molecule has 3 aliphatic carbocycles. The van der Waals surface area contributed by atoms with Crippen molar-refractivity contribution in [2.24, 2.45) is 46.7 Å². The van der Waals surface area contributed by atoms with Crippen LogP contribution >= 0.6 is 0 Å². The van der Waals surface area contributed by atoms with E-state index in [0.29, 0.717) is 28.9 Å². The van der Waals surface area contributed by atoms with Gasteiger partial charge in [-0.2, -0.15) is 0 Å². The zero-order valence-corrected chi connectivity index (χ0v) is 25.1. The maximum absolute atomic E-state index is 14.3. The zero-order chi connectivity index (χ0) is 31.6. The number of phenols is 1. The van der Waals surface area contributed by atoms with Gasteiger partial charge in [-0.15, -0.1) is 0 Å². The molecule has 10 nitrogen and oxygen atoms in total. The van der Waals surface area contributed by atoms with Crippen LogP contribution < -0.4 is 11.1 Å². The number of ketones is 4. The first-order valence-corrected chi connectivity index (χ1v) is 14.8. The van der Waals surface area contributed by atoms with Crippen molar-refractivity contribution >= 4 is 29.0 Å². The quantitative estimate of drug-likeness (QED) is 0.369. The van der Waals surface area contributed by atoms with Gasteiger partial charge >= 0.3 is 0 Å². The summed E-state index contributed by atoms with van der Waals surface area (Å²) in [4.78, 5) is 72.0. The Kier molecular flexibility index (Phi) is 7.67. The number of carbonyl (C=O) groups is 5. The molecule has 2 aromatic rings. The Labute approximate surface area is 250 Å². The molecule has 2 unspecified atom stereocenters. The third-order valence-corrected chi connectivity index (χ3v) is 9.30. The standard InChI is InChI=1S/C33H39N3O7/c1-15(2)22-20-12-16-10-19-18(21-8-6-7-9-36-21)11-17(13-35-14-32(3,4)5)26(37)24(19)28(39)23(16)29(40)33(20,43)30(41)25(27(22)38)31(34)42/h6-9,11,15-16,20,22-23,25,35,37,43H,10,12-14H2,1-5H3,(H2,34,42)/t16-,20-,22-,23?,25?,33-/m0/s1. The van der Waals surface area contributed by atoms with Gasteiger partial charge in [0, 0.05) is 42.2 Å². The molecule has 0 saturated heterocycles. The summed E-state index contributed by atoms with van der Waals surface area (Å²) in [7, 11) is 0. The summed E-state index contributed by atoms with van der Waals surface area (Å²) >= 11 is 0. The molecule has 43 heavy (non-hydrogen) atoms. The minimum absolute atomic E-state index is 0.0290. The van der Waals surface area contributed by atoms with E-state index >= 15 is 0 Å². The minimum atomic E-state index is -2.72. The van der Waals surface area contributed by atoms with Crippen molar-refractivity contribution in [3.63, 3.8) is 0 Å². The van der Waals surface area contributed by atoms with Gasteiger partial charge in [0.2, 0.25) is 5.91 Å². The summed E-state index contributed by atoms with van der Waals surface area (Å²) in [6.45, 7) is 10.5. The summed E-state index contributed by atoms with van der Waals surface area (Å²) < 4.78 is 0. The summed E-state index contributed by atoms with van der Waals surface area (Å²) in [6.07, 6.45) is 1.85. The molecule has 3 aliphatic rings. The van der Waals surface area contributed by atoms with E-state index in [4.69, 9.17) is 5.73 Å². The predicted molar refractivity (Wildman–Crippen MR) is 157 cm³/mol. The molecular formula is C33H39N3O7.